The molecule has 0 saturated carbocycles. The molecule has 1 rings (SSSR count). The summed E-state index contributed by atoms with van der Waals surface area (Å²) in [5.74, 6) is 0. The van der Waals surface area contributed by atoms with Crippen LogP contribution in [-0.2, 0) is 14.6 Å². The van der Waals surface area contributed by atoms with Crippen LogP contribution < -0.4 is 0 Å². The molecule has 0 aromatic heterocycles. The Kier molecular flexibility index (Phi) is 3.87. The number of benzene rings is 1. The molecule has 0 aliphatic rings. The number of hydrogen-bond acceptors (Lipinski definition) is 4. The number of halogens is 1. The van der Waals surface area contributed by atoms with E-state index in [0.717, 1.165) is 4.47 Å². The molecule has 0 heterocycles. The highest BCUT2D eigenvalue weighted by molar-refractivity contribution is 9.10. The Hall–Kier alpha value is -0.880. The van der Waals surface area contributed by atoms with Crippen LogP contribution in [0.25, 0.3) is 0 Å². The number of nitrogens with one attached hydrogen (secondary N) is 1. The third-order valence-electron chi connectivity index (χ3n) is 1.64. The molecule has 0 bridgehead atoms. The zero-order valence-corrected chi connectivity index (χ0v) is 10.4. The van der Waals surface area contributed by atoms with Gasteiger partial charge in [-0.2, -0.15) is 0 Å². The summed E-state index contributed by atoms with van der Waals surface area (Å²) in [5.41, 5.74) is 0. The highest BCUT2D eigenvalue weighted by atomic mass is 79.9. The molecule has 1 N–H and O–H groups in total. The van der Waals surface area contributed by atoms with Crippen molar-refractivity contribution in [2.24, 2.45) is 0 Å². The fourth-order valence-electron chi connectivity index (χ4n) is 0.929. The first-order valence-electron chi connectivity index (χ1n) is 4.20. The maximum absolute atomic E-state index is 11.7. The van der Waals surface area contributed by atoms with Crippen molar-refractivity contribution in [3.05, 3.63) is 28.7 Å². The second-order valence-corrected chi connectivity index (χ2v) is 5.44. The first-order valence-corrected chi connectivity index (χ1v) is 6.48. The van der Waals surface area contributed by atoms with Crippen LogP contribution in [0.2, 0.25) is 0 Å². The summed E-state index contributed by atoms with van der Waals surface area (Å²) in [6.07, 6.45) is 0. The third kappa shape index (κ3) is 2.79. The highest BCUT2D eigenvalue weighted by Crippen LogP contribution is 2.16. The van der Waals surface area contributed by atoms with Crippen LogP contribution in [0.3, 0.4) is 0 Å². The average molecular weight is 292 g/mol. The van der Waals surface area contributed by atoms with Crippen LogP contribution in [0.15, 0.2) is 33.6 Å². The zero-order chi connectivity index (χ0) is 11.5. The van der Waals surface area contributed by atoms with Gasteiger partial charge in [0.05, 0.1) is 11.5 Å². The number of sulfone groups is 1. The molecule has 0 unspecified atom stereocenters. The average Bonchev–Trinajstić information content (AvgIpc) is 2.18. The van der Waals surface area contributed by atoms with Gasteiger partial charge in [-0.25, -0.2) is 8.42 Å². The number of ether oxygens (including phenoxy) is 1. The van der Waals surface area contributed by atoms with Crippen molar-refractivity contribution in [2.75, 3.05) is 6.61 Å². The first-order chi connectivity index (χ1) is 6.98. The highest BCUT2D eigenvalue weighted by Gasteiger charge is 2.21. The number of rotatable bonds is 2. The largest absolute Gasteiger partial charge is 0.470 e. The normalized spacial score (nSPS) is 11.1. The molecule has 1 aromatic carbocycles. The Morgan fingerprint density at radius 1 is 1.40 bits per heavy atom. The molecule has 0 atom stereocenters. The van der Waals surface area contributed by atoms with Gasteiger partial charge in [-0.1, -0.05) is 15.9 Å². The van der Waals surface area contributed by atoms with E-state index in [0.29, 0.717) is 0 Å². The van der Waals surface area contributed by atoms with Gasteiger partial charge in [0.25, 0.3) is 9.84 Å². The predicted molar refractivity (Wildman–Crippen MR) is 60.7 cm³/mol. The van der Waals surface area contributed by atoms with Crippen LogP contribution >= 0.6 is 15.9 Å². The molecule has 0 saturated heterocycles. The van der Waals surface area contributed by atoms with Crippen LogP contribution in [0.5, 0.6) is 0 Å². The van der Waals surface area contributed by atoms with E-state index >= 15 is 0 Å². The summed E-state index contributed by atoms with van der Waals surface area (Å²) in [6.45, 7) is 1.79. The van der Waals surface area contributed by atoms with Gasteiger partial charge < -0.3 is 4.74 Å². The van der Waals surface area contributed by atoms with Crippen LogP contribution in [0.1, 0.15) is 6.92 Å². The molecule has 0 amide bonds. The van der Waals surface area contributed by atoms with Gasteiger partial charge in [-0.05, 0) is 31.2 Å². The van der Waals surface area contributed by atoms with Gasteiger partial charge >= 0.3 is 5.23 Å². The summed E-state index contributed by atoms with van der Waals surface area (Å²) in [7, 11) is -3.78. The van der Waals surface area contributed by atoms with Crippen LogP contribution in [0, 0.1) is 5.41 Å². The zero-order valence-electron chi connectivity index (χ0n) is 8.03. The summed E-state index contributed by atoms with van der Waals surface area (Å²) in [5, 5.41) is 6.55. The van der Waals surface area contributed by atoms with Crippen molar-refractivity contribution in [1.82, 2.24) is 0 Å². The summed E-state index contributed by atoms with van der Waals surface area (Å²) in [4.78, 5) is 0.0594. The van der Waals surface area contributed by atoms with Crippen molar-refractivity contribution in [3.63, 3.8) is 0 Å². The molecular weight excluding hydrogens is 282 g/mol. The van der Waals surface area contributed by atoms with E-state index in [1.165, 1.54) is 12.1 Å². The topological polar surface area (TPSA) is 67.2 Å². The van der Waals surface area contributed by atoms with E-state index in [-0.39, 0.29) is 11.5 Å². The SMILES string of the molecule is CCOC(=N)S(=O)(=O)c1ccc(Br)cc1. The van der Waals surface area contributed by atoms with Gasteiger partial charge in [0.1, 0.15) is 0 Å². The van der Waals surface area contributed by atoms with Crippen LogP contribution in [-0.4, -0.2) is 20.3 Å². The summed E-state index contributed by atoms with van der Waals surface area (Å²) < 4.78 is 28.8. The minimum absolute atomic E-state index is 0.0594. The molecule has 0 aliphatic heterocycles. The summed E-state index contributed by atoms with van der Waals surface area (Å²) in [6, 6.07) is 6.05. The predicted octanol–water partition coefficient (Wildman–Crippen LogP) is 2.19. The van der Waals surface area contributed by atoms with E-state index in [9.17, 15) is 8.42 Å². The monoisotopic (exact) mass is 291 g/mol. The molecule has 0 spiro atoms. The standard InChI is InChI=1S/C9H10BrNO3S/c1-2-14-9(11)15(12,13)8-5-3-7(10)4-6-8/h3-6,11H,2H2,1H3. The minimum Gasteiger partial charge on any atom is -0.470 e. The van der Waals surface area contributed by atoms with Gasteiger partial charge in [-0.15, -0.1) is 0 Å². The molecule has 1 aromatic rings. The second-order valence-electron chi connectivity index (χ2n) is 2.68. The maximum Gasteiger partial charge on any atom is 0.307 e. The smallest absolute Gasteiger partial charge is 0.307 e. The number of hydrogen-bond donors (Lipinski definition) is 1. The molecule has 82 valence electrons. The van der Waals surface area contributed by atoms with E-state index < -0.39 is 15.1 Å². The van der Waals surface area contributed by atoms with E-state index in [4.69, 9.17) is 5.41 Å². The lowest BCUT2D eigenvalue weighted by Crippen LogP contribution is -2.17. The lowest BCUT2D eigenvalue weighted by Gasteiger charge is -2.05. The van der Waals surface area contributed by atoms with Crippen molar-refractivity contribution >= 4 is 31.0 Å². The van der Waals surface area contributed by atoms with E-state index in [1.54, 1.807) is 19.1 Å². The Morgan fingerprint density at radius 2 is 1.93 bits per heavy atom. The van der Waals surface area contributed by atoms with Crippen molar-refractivity contribution in [1.29, 1.82) is 5.41 Å². The Balaban J connectivity index is 3.06. The Morgan fingerprint density at radius 3 is 2.40 bits per heavy atom. The van der Waals surface area contributed by atoms with Gasteiger partial charge in [-0.3, -0.25) is 5.41 Å². The Labute approximate surface area is 96.8 Å². The second kappa shape index (κ2) is 4.76. The lowest BCUT2D eigenvalue weighted by atomic mass is 10.4. The molecule has 15 heavy (non-hydrogen) atoms. The van der Waals surface area contributed by atoms with E-state index in [2.05, 4.69) is 20.7 Å². The molecule has 0 aliphatic carbocycles. The maximum atomic E-state index is 11.7. The molecule has 6 heteroatoms. The van der Waals surface area contributed by atoms with Gasteiger partial charge in [0.2, 0.25) is 0 Å². The fraction of sp³-hybridized carbons (Fsp3) is 0.222. The van der Waals surface area contributed by atoms with Crippen LogP contribution in [0.4, 0.5) is 0 Å². The Bertz CT molecular complexity index is 453. The lowest BCUT2D eigenvalue weighted by molar-refractivity contribution is 0.331. The van der Waals surface area contributed by atoms with Gasteiger partial charge in [0, 0.05) is 4.47 Å². The third-order valence-corrected chi connectivity index (χ3v) is 3.67. The first kappa shape index (κ1) is 12.2. The fourth-order valence-corrected chi connectivity index (χ4v) is 2.18. The van der Waals surface area contributed by atoms with E-state index in [1.807, 2.05) is 0 Å². The quantitative estimate of drug-likeness (QED) is 0.671. The minimum atomic E-state index is -3.78. The van der Waals surface area contributed by atoms with Crippen molar-refractivity contribution in [3.8, 4) is 0 Å². The van der Waals surface area contributed by atoms with Gasteiger partial charge in [0.15, 0.2) is 0 Å². The molecule has 4 nitrogen and oxygen atoms in total. The van der Waals surface area contributed by atoms with Crippen molar-refractivity contribution in [2.45, 2.75) is 11.8 Å². The molecule has 0 radical (unpaired) electrons. The molecule has 0 fully saturated rings. The molecular formula is C9H10BrNO3S. The van der Waals surface area contributed by atoms with Crippen molar-refractivity contribution < 1.29 is 13.2 Å². The summed E-state index contributed by atoms with van der Waals surface area (Å²) >= 11 is 3.20.